The molecule has 2 N–H and O–H groups in total. The van der Waals surface area contributed by atoms with Crippen molar-refractivity contribution in [3.8, 4) is 5.75 Å². The zero-order valence-corrected chi connectivity index (χ0v) is 10.7. The summed E-state index contributed by atoms with van der Waals surface area (Å²) in [5, 5.41) is 0. The van der Waals surface area contributed by atoms with Crippen molar-refractivity contribution < 1.29 is 4.74 Å². The molecule has 0 aliphatic rings. The van der Waals surface area contributed by atoms with Crippen molar-refractivity contribution in [3.63, 3.8) is 0 Å². The van der Waals surface area contributed by atoms with Crippen molar-refractivity contribution in [2.75, 3.05) is 13.2 Å². The van der Waals surface area contributed by atoms with E-state index in [1.54, 1.807) is 0 Å². The summed E-state index contributed by atoms with van der Waals surface area (Å²) in [6.07, 6.45) is 3.10. The minimum absolute atomic E-state index is 0.653. The van der Waals surface area contributed by atoms with E-state index in [4.69, 9.17) is 10.5 Å². The molecule has 0 aliphatic heterocycles. The number of ether oxygens (including phenoxy) is 1. The van der Waals surface area contributed by atoms with Gasteiger partial charge in [-0.25, -0.2) is 0 Å². The smallest absolute Gasteiger partial charge is 0.136 e. The van der Waals surface area contributed by atoms with Gasteiger partial charge in [0.1, 0.15) is 5.75 Å². The number of hydrogen-bond donors (Lipinski definition) is 1. The van der Waals surface area contributed by atoms with Gasteiger partial charge in [0.2, 0.25) is 0 Å². The topological polar surface area (TPSA) is 35.2 Å². The summed E-state index contributed by atoms with van der Waals surface area (Å²) in [7, 11) is 0. The summed E-state index contributed by atoms with van der Waals surface area (Å²) in [5.41, 5.74) is 6.75. The molecule has 1 rings (SSSR count). The fourth-order valence-corrected chi connectivity index (χ4v) is 1.91. The molecular weight excluding hydrogens is 254 g/mol. The number of nitrogens with two attached hydrogens (primary N) is 1. The van der Waals surface area contributed by atoms with Crippen molar-refractivity contribution in [1.82, 2.24) is 0 Å². The summed E-state index contributed by atoms with van der Waals surface area (Å²) in [6, 6.07) is 6.09. The van der Waals surface area contributed by atoms with Crippen LogP contribution in [0.3, 0.4) is 0 Å². The first-order valence-electron chi connectivity index (χ1n) is 5.39. The van der Waals surface area contributed by atoms with Crippen LogP contribution in [0.2, 0.25) is 0 Å². The molecule has 0 radical (unpaired) electrons. The van der Waals surface area contributed by atoms with Crippen LogP contribution >= 0.6 is 15.9 Å². The van der Waals surface area contributed by atoms with Gasteiger partial charge in [0, 0.05) is 0 Å². The average molecular weight is 272 g/mol. The van der Waals surface area contributed by atoms with Gasteiger partial charge in [-0.05, 0) is 46.9 Å². The lowest BCUT2D eigenvalue weighted by Gasteiger charge is -2.12. The Labute approximate surface area is 99.9 Å². The van der Waals surface area contributed by atoms with Gasteiger partial charge in [-0.1, -0.05) is 25.5 Å². The van der Waals surface area contributed by atoms with Crippen LogP contribution in [-0.2, 0) is 6.42 Å². The summed E-state index contributed by atoms with van der Waals surface area (Å²) in [4.78, 5) is 0. The van der Waals surface area contributed by atoms with E-state index in [2.05, 4.69) is 28.9 Å². The number of para-hydroxylation sites is 1. The molecule has 2 nitrogen and oxygen atoms in total. The average Bonchev–Trinajstić information content (AvgIpc) is 2.23. The van der Waals surface area contributed by atoms with E-state index in [0.717, 1.165) is 36.1 Å². The van der Waals surface area contributed by atoms with Gasteiger partial charge in [-0.15, -0.1) is 0 Å². The number of hydrogen-bond acceptors (Lipinski definition) is 2. The normalized spacial score (nSPS) is 10.3. The van der Waals surface area contributed by atoms with Gasteiger partial charge in [0.05, 0.1) is 11.1 Å². The first kappa shape index (κ1) is 12.5. The van der Waals surface area contributed by atoms with Crippen molar-refractivity contribution >= 4 is 15.9 Å². The SMILES string of the molecule is CCCCOc1c(Br)cccc1CCN. The summed E-state index contributed by atoms with van der Waals surface area (Å²) in [5.74, 6) is 0.955. The van der Waals surface area contributed by atoms with Crippen LogP contribution in [0.5, 0.6) is 5.75 Å². The van der Waals surface area contributed by atoms with Crippen LogP contribution in [0.1, 0.15) is 25.3 Å². The second-order valence-electron chi connectivity index (χ2n) is 3.47. The maximum Gasteiger partial charge on any atom is 0.136 e. The number of halogens is 1. The minimum Gasteiger partial charge on any atom is -0.492 e. The van der Waals surface area contributed by atoms with E-state index in [-0.39, 0.29) is 0 Å². The quantitative estimate of drug-likeness (QED) is 0.807. The maximum atomic E-state index is 5.76. The van der Waals surface area contributed by atoms with Crippen molar-refractivity contribution in [3.05, 3.63) is 28.2 Å². The van der Waals surface area contributed by atoms with Crippen LogP contribution in [0.25, 0.3) is 0 Å². The third-order valence-corrected chi connectivity index (χ3v) is 2.83. The first-order chi connectivity index (χ1) is 7.29. The highest BCUT2D eigenvalue weighted by Crippen LogP contribution is 2.29. The highest BCUT2D eigenvalue weighted by Gasteiger charge is 2.06. The summed E-state index contributed by atoms with van der Waals surface area (Å²) in [6.45, 7) is 3.58. The molecule has 1 aromatic rings. The van der Waals surface area contributed by atoms with E-state index in [1.165, 1.54) is 5.56 Å². The fraction of sp³-hybridized carbons (Fsp3) is 0.500. The molecule has 0 saturated heterocycles. The molecule has 1 aromatic carbocycles. The standard InChI is InChI=1S/C12H18BrNO/c1-2-3-9-15-12-10(7-8-14)5-4-6-11(12)13/h4-6H,2-3,7-9,14H2,1H3. The number of benzene rings is 1. The van der Waals surface area contributed by atoms with Crippen LogP contribution in [0.15, 0.2) is 22.7 Å². The molecule has 0 saturated carbocycles. The maximum absolute atomic E-state index is 5.76. The summed E-state index contributed by atoms with van der Waals surface area (Å²) >= 11 is 3.50. The van der Waals surface area contributed by atoms with Gasteiger partial charge >= 0.3 is 0 Å². The number of unbranched alkanes of at least 4 members (excludes halogenated alkanes) is 1. The Kier molecular flexibility index (Phi) is 5.73. The number of rotatable bonds is 6. The second kappa shape index (κ2) is 6.85. The molecule has 0 bridgehead atoms. The largest absolute Gasteiger partial charge is 0.492 e. The molecule has 15 heavy (non-hydrogen) atoms. The third-order valence-electron chi connectivity index (χ3n) is 2.21. The third kappa shape index (κ3) is 3.84. The lowest BCUT2D eigenvalue weighted by Crippen LogP contribution is -2.06. The van der Waals surface area contributed by atoms with Crippen molar-refractivity contribution in [2.45, 2.75) is 26.2 Å². The molecule has 3 heteroatoms. The molecule has 0 heterocycles. The Balaban J connectivity index is 2.72. The first-order valence-corrected chi connectivity index (χ1v) is 6.19. The van der Waals surface area contributed by atoms with E-state index in [0.29, 0.717) is 6.54 Å². The zero-order chi connectivity index (χ0) is 11.1. The molecule has 0 amide bonds. The van der Waals surface area contributed by atoms with E-state index in [9.17, 15) is 0 Å². The lowest BCUT2D eigenvalue weighted by atomic mass is 10.1. The van der Waals surface area contributed by atoms with Crippen molar-refractivity contribution in [2.24, 2.45) is 5.73 Å². The Hall–Kier alpha value is -0.540. The summed E-state index contributed by atoms with van der Waals surface area (Å²) < 4.78 is 6.78. The highest BCUT2D eigenvalue weighted by atomic mass is 79.9. The molecule has 0 atom stereocenters. The van der Waals surface area contributed by atoms with Gasteiger partial charge < -0.3 is 10.5 Å². The molecule has 0 unspecified atom stereocenters. The highest BCUT2D eigenvalue weighted by molar-refractivity contribution is 9.10. The Bertz CT molecular complexity index is 302. The monoisotopic (exact) mass is 271 g/mol. The molecule has 84 valence electrons. The van der Waals surface area contributed by atoms with E-state index in [1.807, 2.05) is 12.1 Å². The molecular formula is C12H18BrNO. The second-order valence-corrected chi connectivity index (χ2v) is 4.32. The zero-order valence-electron chi connectivity index (χ0n) is 9.13. The van der Waals surface area contributed by atoms with Crippen LogP contribution < -0.4 is 10.5 Å². The van der Waals surface area contributed by atoms with Gasteiger partial charge in [-0.2, -0.15) is 0 Å². The predicted octanol–water partition coefficient (Wildman–Crippen LogP) is 3.13. The Morgan fingerprint density at radius 2 is 2.20 bits per heavy atom. The van der Waals surface area contributed by atoms with Crippen LogP contribution in [-0.4, -0.2) is 13.2 Å². The van der Waals surface area contributed by atoms with Gasteiger partial charge in [0.25, 0.3) is 0 Å². The predicted molar refractivity (Wildman–Crippen MR) is 67.3 cm³/mol. The van der Waals surface area contributed by atoms with Crippen LogP contribution in [0.4, 0.5) is 0 Å². The molecule has 0 aromatic heterocycles. The van der Waals surface area contributed by atoms with Gasteiger partial charge in [0.15, 0.2) is 0 Å². The van der Waals surface area contributed by atoms with E-state index >= 15 is 0 Å². The van der Waals surface area contributed by atoms with Crippen LogP contribution in [0, 0.1) is 0 Å². The fourth-order valence-electron chi connectivity index (χ4n) is 1.39. The molecule has 0 fully saturated rings. The van der Waals surface area contributed by atoms with Crippen molar-refractivity contribution in [1.29, 1.82) is 0 Å². The molecule has 0 spiro atoms. The lowest BCUT2D eigenvalue weighted by molar-refractivity contribution is 0.304. The Morgan fingerprint density at radius 3 is 2.87 bits per heavy atom. The molecule has 0 aliphatic carbocycles. The Morgan fingerprint density at radius 1 is 1.40 bits per heavy atom. The minimum atomic E-state index is 0.653. The van der Waals surface area contributed by atoms with E-state index < -0.39 is 0 Å². The van der Waals surface area contributed by atoms with Gasteiger partial charge in [-0.3, -0.25) is 0 Å².